The molecule has 1 fully saturated rings. The lowest BCUT2D eigenvalue weighted by molar-refractivity contribution is 0.709. The van der Waals surface area contributed by atoms with Crippen LogP contribution in [0.3, 0.4) is 0 Å². The van der Waals surface area contributed by atoms with E-state index in [0.717, 1.165) is 23.4 Å². The fourth-order valence-corrected chi connectivity index (χ4v) is 3.38. The maximum Gasteiger partial charge on any atom is 0.142 e. The van der Waals surface area contributed by atoms with Gasteiger partial charge in [-0.1, -0.05) is 54.1 Å². The Kier molecular flexibility index (Phi) is 3.92. The first-order valence-electron chi connectivity index (χ1n) is 8.52. The third-order valence-corrected chi connectivity index (χ3v) is 4.73. The first kappa shape index (κ1) is 14.8. The number of fused-ring (bicyclic) bond motifs is 2. The lowest BCUT2D eigenvalue weighted by Gasteiger charge is -2.03. The van der Waals surface area contributed by atoms with Crippen molar-refractivity contribution in [2.24, 2.45) is 5.92 Å². The molecule has 1 unspecified atom stereocenters. The summed E-state index contributed by atoms with van der Waals surface area (Å²) in [6.45, 7) is 0.739. The molecular weight excluding hydrogens is 292 g/mol. The van der Waals surface area contributed by atoms with E-state index in [4.69, 9.17) is 6.42 Å². The minimum absolute atomic E-state index is 0.710. The van der Waals surface area contributed by atoms with Gasteiger partial charge in [0.25, 0.3) is 0 Å². The van der Waals surface area contributed by atoms with Crippen LogP contribution < -0.4 is 0 Å². The van der Waals surface area contributed by atoms with E-state index >= 15 is 0 Å². The van der Waals surface area contributed by atoms with Crippen LogP contribution in [0.25, 0.3) is 10.9 Å². The molecule has 2 nitrogen and oxygen atoms in total. The molecule has 1 saturated carbocycles. The van der Waals surface area contributed by atoms with Gasteiger partial charge in [-0.05, 0) is 48.8 Å². The van der Waals surface area contributed by atoms with Gasteiger partial charge in [-0.25, -0.2) is 0 Å². The van der Waals surface area contributed by atoms with Crippen LogP contribution in [-0.2, 0) is 6.54 Å². The van der Waals surface area contributed by atoms with E-state index in [1.165, 1.54) is 24.8 Å². The summed E-state index contributed by atoms with van der Waals surface area (Å²) in [7, 11) is 0. The van der Waals surface area contributed by atoms with Crippen molar-refractivity contribution >= 4 is 10.9 Å². The lowest BCUT2D eigenvalue weighted by atomic mass is 10.2. The fourth-order valence-electron chi connectivity index (χ4n) is 3.38. The molecule has 118 valence electrons. The number of benzene rings is 2. The minimum Gasteiger partial charge on any atom is -0.259 e. The first-order valence-corrected chi connectivity index (χ1v) is 8.52. The van der Waals surface area contributed by atoms with Crippen molar-refractivity contribution < 1.29 is 0 Å². The molecule has 1 atom stereocenters. The Bertz CT molecular complexity index is 926. The van der Waals surface area contributed by atoms with Gasteiger partial charge in [0.2, 0.25) is 0 Å². The highest BCUT2D eigenvalue weighted by molar-refractivity contribution is 5.84. The third-order valence-electron chi connectivity index (χ3n) is 4.73. The highest BCUT2D eigenvalue weighted by Gasteiger charge is 2.28. The smallest absolute Gasteiger partial charge is 0.142 e. The van der Waals surface area contributed by atoms with E-state index in [0.29, 0.717) is 5.69 Å². The Morgan fingerprint density at radius 3 is 2.50 bits per heavy atom. The van der Waals surface area contributed by atoms with Gasteiger partial charge in [0.15, 0.2) is 0 Å². The molecule has 0 amide bonds. The normalized spacial score (nSPS) is 17.5. The van der Waals surface area contributed by atoms with E-state index in [2.05, 4.69) is 29.2 Å². The standard InChI is InChI=1S/C16H12N2.C6H8/c1-2-15-14-10-6-7-11-16(14)18(17-15)12-13-8-4-3-5-9-13;1-2-5-4-6(5)3-1/h1,3-11H,12H2;4-5H,1-3H2. The highest BCUT2D eigenvalue weighted by atomic mass is 15.3. The predicted molar refractivity (Wildman–Crippen MR) is 98.6 cm³/mol. The first-order chi connectivity index (χ1) is 11.8. The van der Waals surface area contributed by atoms with Crippen molar-refractivity contribution in [3.8, 4) is 12.3 Å². The topological polar surface area (TPSA) is 17.8 Å². The lowest BCUT2D eigenvalue weighted by Crippen LogP contribution is -2.01. The molecule has 0 saturated heterocycles. The second-order valence-corrected chi connectivity index (χ2v) is 6.39. The molecule has 0 radical (unpaired) electrons. The van der Waals surface area contributed by atoms with E-state index in [1.807, 2.05) is 47.1 Å². The van der Waals surface area contributed by atoms with Crippen molar-refractivity contribution in [2.75, 3.05) is 0 Å². The number of para-hydroxylation sites is 1. The van der Waals surface area contributed by atoms with Gasteiger partial charge in [0.05, 0.1) is 12.1 Å². The molecular formula is C22H20N2. The van der Waals surface area contributed by atoms with Crippen LogP contribution in [0.4, 0.5) is 0 Å². The average Bonchev–Trinajstić information content (AvgIpc) is 3.08. The maximum absolute atomic E-state index is 5.50. The second kappa shape index (κ2) is 6.37. The summed E-state index contributed by atoms with van der Waals surface area (Å²) in [4.78, 5) is 0. The van der Waals surface area contributed by atoms with Crippen molar-refractivity contribution in [3.63, 3.8) is 0 Å². The Morgan fingerprint density at radius 1 is 1.08 bits per heavy atom. The van der Waals surface area contributed by atoms with E-state index < -0.39 is 0 Å². The maximum atomic E-state index is 5.50. The van der Waals surface area contributed by atoms with Gasteiger partial charge in [-0.15, -0.1) is 6.42 Å². The zero-order valence-electron chi connectivity index (χ0n) is 13.7. The summed E-state index contributed by atoms with van der Waals surface area (Å²) in [6.07, 6.45) is 12.2. The molecule has 0 aliphatic heterocycles. The number of hydrogen-bond donors (Lipinski definition) is 0. The molecule has 24 heavy (non-hydrogen) atoms. The molecule has 5 rings (SSSR count). The molecule has 1 aromatic heterocycles. The van der Waals surface area contributed by atoms with Crippen LogP contribution in [-0.4, -0.2) is 9.78 Å². The van der Waals surface area contributed by atoms with Crippen molar-refractivity contribution in [3.05, 3.63) is 77.5 Å². The number of hydrogen-bond acceptors (Lipinski definition) is 1. The zero-order chi connectivity index (χ0) is 16.4. The van der Waals surface area contributed by atoms with Gasteiger partial charge in [0.1, 0.15) is 5.69 Å². The van der Waals surface area contributed by atoms with Crippen LogP contribution in [0.15, 0.2) is 66.2 Å². The van der Waals surface area contributed by atoms with E-state index in [1.54, 1.807) is 5.57 Å². The van der Waals surface area contributed by atoms with Crippen LogP contribution in [0, 0.1) is 18.3 Å². The number of rotatable bonds is 2. The molecule has 2 aliphatic carbocycles. The van der Waals surface area contributed by atoms with Crippen molar-refractivity contribution in [1.82, 2.24) is 9.78 Å². The summed E-state index contributed by atoms with van der Waals surface area (Å²) >= 11 is 0. The molecule has 2 aliphatic rings. The minimum atomic E-state index is 0.710. The quantitative estimate of drug-likeness (QED) is 0.491. The van der Waals surface area contributed by atoms with Crippen LogP contribution in [0.5, 0.6) is 0 Å². The SMILES string of the molecule is C#Cc1nn(Cc2ccccc2)c2ccccc12.C1=C2CCCC12. The summed E-state index contributed by atoms with van der Waals surface area (Å²) in [5.41, 5.74) is 4.75. The van der Waals surface area contributed by atoms with Crippen LogP contribution in [0.1, 0.15) is 30.5 Å². The second-order valence-electron chi connectivity index (χ2n) is 6.39. The largest absolute Gasteiger partial charge is 0.259 e. The summed E-state index contributed by atoms with van der Waals surface area (Å²) in [6, 6.07) is 18.3. The molecule has 1 heterocycles. The van der Waals surface area contributed by atoms with Gasteiger partial charge in [-0.2, -0.15) is 5.10 Å². The fraction of sp³-hybridized carbons (Fsp3) is 0.227. The Balaban J connectivity index is 0.000000201. The molecule has 0 N–H and O–H groups in total. The Morgan fingerprint density at radius 2 is 1.88 bits per heavy atom. The molecule has 3 aromatic rings. The molecule has 2 aromatic carbocycles. The Labute approximate surface area is 142 Å². The van der Waals surface area contributed by atoms with Crippen molar-refractivity contribution in [1.29, 1.82) is 0 Å². The van der Waals surface area contributed by atoms with Gasteiger partial charge < -0.3 is 0 Å². The van der Waals surface area contributed by atoms with E-state index in [-0.39, 0.29) is 0 Å². The van der Waals surface area contributed by atoms with Gasteiger partial charge >= 0.3 is 0 Å². The number of aromatic nitrogens is 2. The third kappa shape index (κ3) is 2.98. The van der Waals surface area contributed by atoms with Gasteiger partial charge in [-0.3, -0.25) is 4.68 Å². The number of allylic oxidation sites excluding steroid dienone is 2. The van der Waals surface area contributed by atoms with E-state index in [9.17, 15) is 0 Å². The van der Waals surface area contributed by atoms with Crippen molar-refractivity contribution in [2.45, 2.75) is 25.8 Å². The molecule has 2 heteroatoms. The molecule has 0 spiro atoms. The summed E-state index contributed by atoms with van der Waals surface area (Å²) in [5.74, 6) is 3.65. The van der Waals surface area contributed by atoms with Crippen LogP contribution >= 0.6 is 0 Å². The van der Waals surface area contributed by atoms with Gasteiger partial charge in [0, 0.05) is 5.39 Å². The summed E-state index contributed by atoms with van der Waals surface area (Å²) in [5, 5.41) is 5.52. The highest BCUT2D eigenvalue weighted by Crippen LogP contribution is 2.43. The molecule has 0 bridgehead atoms. The summed E-state index contributed by atoms with van der Waals surface area (Å²) < 4.78 is 1.96. The average molecular weight is 312 g/mol. The van der Waals surface area contributed by atoms with Crippen LogP contribution in [0.2, 0.25) is 0 Å². The Hall–Kier alpha value is -2.79. The predicted octanol–water partition coefficient (Wildman–Crippen LogP) is 4.79. The number of terminal acetylenes is 1. The monoisotopic (exact) mass is 312 g/mol. The number of nitrogens with zero attached hydrogens (tertiary/aromatic N) is 2. The zero-order valence-corrected chi connectivity index (χ0v) is 13.7.